The van der Waals surface area contributed by atoms with Crippen molar-refractivity contribution in [2.24, 2.45) is 5.92 Å². The molecule has 0 aliphatic carbocycles. The molecule has 1 rings (SSSR count). The SMILES string of the molecule is CCn1cc(CC(C)CC(C)Cl)cn1. The van der Waals surface area contributed by atoms with E-state index in [4.69, 9.17) is 11.6 Å². The summed E-state index contributed by atoms with van der Waals surface area (Å²) >= 11 is 5.95. The van der Waals surface area contributed by atoms with Crippen molar-refractivity contribution in [2.75, 3.05) is 0 Å². The zero-order valence-electron chi connectivity index (χ0n) is 9.20. The quantitative estimate of drug-likeness (QED) is 0.689. The highest BCUT2D eigenvalue weighted by Gasteiger charge is 2.08. The number of aromatic nitrogens is 2. The average Bonchev–Trinajstić information content (AvgIpc) is 2.50. The van der Waals surface area contributed by atoms with Crippen LogP contribution in [0.2, 0.25) is 0 Å². The summed E-state index contributed by atoms with van der Waals surface area (Å²) in [5, 5.41) is 4.52. The lowest BCUT2D eigenvalue weighted by molar-refractivity contribution is 0.526. The Morgan fingerprint density at radius 3 is 2.71 bits per heavy atom. The van der Waals surface area contributed by atoms with Crippen LogP contribution in [0.25, 0.3) is 0 Å². The highest BCUT2D eigenvalue weighted by Crippen LogP contribution is 2.15. The summed E-state index contributed by atoms with van der Waals surface area (Å²) in [5.41, 5.74) is 1.32. The van der Waals surface area contributed by atoms with Gasteiger partial charge in [0.05, 0.1) is 6.20 Å². The van der Waals surface area contributed by atoms with Crippen molar-refractivity contribution in [1.29, 1.82) is 0 Å². The van der Waals surface area contributed by atoms with Crippen molar-refractivity contribution in [3.8, 4) is 0 Å². The molecule has 1 heterocycles. The molecule has 1 aromatic rings. The van der Waals surface area contributed by atoms with Crippen LogP contribution < -0.4 is 0 Å². The minimum Gasteiger partial charge on any atom is -0.273 e. The van der Waals surface area contributed by atoms with Gasteiger partial charge in [-0.3, -0.25) is 4.68 Å². The van der Waals surface area contributed by atoms with Gasteiger partial charge in [0.1, 0.15) is 0 Å². The van der Waals surface area contributed by atoms with Crippen LogP contribution in [-0.2, 0) is 13.0 Å². The molecule has 0 saturated heterocycles. The molecule has 0 amide bonds. The third kappa shape index (κ3) is 3.70. The maximum Gasteiger partial charge on any atom is 0.0521 e. The Kier molecular flexibility index (Phi) is 4.46. The largest absolute Gasteiger partial charge is 0.273 e. The van der Waals surface area contributed by atoms with Crippen molar-refractivity contribution < 1.29 is 0 Å². The second-order valence-electron chi connectivity index (χ2n) is 4.03. The molecule has 2 atom stereocenters. The van der Waals surface area contributed by atoms with Gasteiger partial charge in [-0.2, -0.15) is 5.10 Å². The summed E-state index contributed by atoms with van der Waals surface area (Å²) in [5.74, 6) is 0.636. The number of rotatable bonds is 5. The molecular weight excluding hydrogens is 196 g/mol. The molecule has 14 heavy (non-hydrogen) atoms. The summed E-state index contributed by atoms with van der Waals surface area (Å²) in [6.45, 7) is 7.33. The number of nitrogens with zero attached hydrogens (tertiary/aromatic N) is 2. The predicted octanol–water partition coefficient (Wildman–Crippen LogP) is 3.10. The second-order valence-corrected chi connectivity index (χ2v) is 4.78. The van der Waals surface area contributed by atoms with Crippen LogP contribution in [0.1, 0.15) is 32.8 Å². The first kappa shape index (κ1) is 11.6. The molecule has 0 aromatic carbocycles. The van der Waals surface area contributed by atoms with E-state index >= 15 is 0 Å². The number of aryl methyl sites for hydroxylation is 1. The summed E-state index contributed by atoms with van der Waals surface area (Å²) < 4.78 is 1.96. The summed E-state index contributed by atoms with van der Waals surface area (Å²) in [6.07, 6.45) is 6.23. The zero-order valence-corrected chi connectivity index (χ0v) is 9.96. The van der Waals surface area contributed by atoms with E-state index in [-0.39, 0.29) is 5.38 Å². The lowest BCUT2D eigenvalue weighted by Gasteiger charge is -2.10. The standard InChI is InChI=1S/C11H19ClN2/c1-4-14-8-11(7-13-14)6-9(2)5-10(3)12/h7-10H,4-6H2,1-3H3. The Morgan fingerprint density at radius 1 is 1.50 bits per heavy atom. The first-order valence-corrected chi connectivity index (χ1v) is 5.70. The first-order chi connectivity index (χ1) is 6.61. The Hall–Kier alpha value is -0.500. The fraction of sp³-hybridized carbons (Fsp3) is 0.727. The van der Waals surface area contributed by atoms with Gasteiger partial charge in [-0.05, 0) is 38.2 Å². The van der Waals surface area contributed by atoms with E-state index in [1.165, 1.54) is 5.56 Å². The topological polar surface area (TPSA) is 17.8 Å². The van der Waals surface area contributed by atoms with Gasteiger partial charge in [-0.1, -0.05) is 6.92 Å². The van der Waals surface area contributed by atoms with Crippen molar-refractivity contribution in [3.63, 3.8) is 0 Å². The number of hydrogen-bond donors (Lipinski definition) is 0. The lowest BCUT2D eigenvalue weighted by atomic mass is 9.99. The summed E-state index contributed by atoms with van der Waals surface area (Å²) in [6, 6.07) is 0. The molecule has 0 saturated carbocycles. The van der Waals surface area contributed by atoms with E-state index < -0.39 is 0 Å². The smallest absolute Gasteiger partial charge is 0.0521 e. The van der Waals surface area contributed by atoms with E-state index in [0.717, 1.165) is 19.4 Å². The molecule has 3 heteroatoms. The third-order valence-electron chi connectivity index (χ3n) is 2.32. The molecule has 2 nitrogen and oxygen atoms in total. The molecule has 0 spiro atoms. The van der Waals surface area contributed by atoms with Gasteiger partial charge in [0, 0.05) is 18.1 Å². The van der Waals surface area contributed by atoms with Gasteiger partial charge in [0.25, 0.3) is 0 Å². The number of hydrogen-bond acceptors (Lipinski definition) is 1. The highest BCUT2D eigenvalue weighted by atomic mass is 35.5. The van der Waals surface area contributed by atoms with E-state index in [1.54, 1.807) is 0 Å². The summed E-state index contributed by atoms with van der Waals surface area (Å²) in [4.78, 5) is 0. The van der Waals surface area contributed by atoms with Crippen LogP contribution >= 0.6 is 11.6 Å². The third-order valence-corrected chi connectivity index (χ3v) is 2.50. The second kappa shape index (κ2) is 5.40. The van der Waals surface area contributed by atoms with Gasteiger partial charge in [0.2, 0.25) is 0 Å². The zero-order chi connectivity index (χ0) is 10.6. The van der Waals surface area contributed by atoms with Crippen LogP contribution in [-0.4, -0.2) is 15.2 Å². The van der Waals surface area contributed by atoms with Gasteiger partial charge in [0.15, 0.2) is 0 Å². The highest BCUT2D eigenvalue weighted by molar-refractivity contribution is 6.20. The van der Waals surface area contributed by atoms with Crippen LogP contribution in [0.3, 0.4) is 0 Å². The fourth-order valence-electron chi connectivity index (χ4n) is 1.72. The van der Waals surface area contributed by atoms with Crippen LogP contribution in [0.4, 0.5) is 0 Å². The maximum atomic E-state index is 5.95. The minimum atomic E-state index is 0.270. The normalized spacial score (nSPS) is 15.4. The van der Waals surface area contributed by atoms with Gasteiger partial charge >= 0.3 is 0 Å². The molecule has 0 aliphatic heterocycles. The van der Waals surface area contributed by atoms with Crippen molar-refractivity contribution in [1.82, 2.24) is 9.78 Å². The Bertz CT molecular complexity index is 268. The number of halogens is 1. The first-order valence-electron chi connectivity index (χ1n) is 5.27. The molecular formula is C11H19ClN2. The predicted molar refractivity (Wildman–Crippen MR) is 60.7 cm³/mol. The van der Waals surface area contributed by atoms with Crippen molar-refractivity contribution in [3.05, 3.63) is 18.0 Å². The molecule has 0 N–H and O–H groups in total. The van der Waals surface area contributed by atoms with Crippen LogP contribution in [0, 0.1) is 5.92 Å². The molecule has 1 aromatic heterocycles. The van der Waals surface area contributed by atoms with E-state index in [1.807, 2.05) is 17.8 Å². The fourth-order valence-corrected chi connectivity index (χ4v) is 2.03. The average molecular weight is 215 g/mol. The molecule has 2 unspecified atom stereocenters. The minimum absolute atomic E-state index is 0.270. The van der Waals surface area contributed by atoms with E-state index in [2.05, 4.69) is 25.1 Å². The molecule has 0 radical (unpaired) electrons. The Balaban J connectivity index is 2.43. The monoisotopic (exact) mass is 214 g/mol. The van der Waals surface area contributed by atoms with Gasteiger partial charge in [-0.15, -0.1) is 11.6 Å². The van der Waals surface area contributed by atoms with Crippen LogP contribution in [0.5, 0.6) is 0 Å². The Labute approximate surface area is 91.3 Å². The molecule has 0 bridgehead atoms. The molecule has 0 aliphatic rings. The van der Waals surface area contributed by atoms with Crippen LogP contribution in [0.15, 0.2) is 12.4 Å². The summed E-state index contributed by atoms with van der Waals surface area (Å²) in [7, 11) is 0. The van der Waals surface area contributed by atoms with Gasteiger partial charge < -0.3 is 0 Å². The van der Waals surface area contributed by atoms with E-state index in [9.17, 15) is 0 Å². The Morgan fingerprint density at radius 2 is 2.21 bits per heavy atom. The molecule has 80 valence electrons. The van der Waals surface area contributed by atoms with Crippen molar-refractivity contribution >= 4 is 11.6 Å². The van der Waals surface area contributed by atoms with Gasteiger partial charge in [-0.25, -0.2) is 0 Å². The lowest BCUT2D eigenvalue weighted by Crippen LogP contribution is -2.05. The number of alkyl halides is 1. The molecule has 0 fully saturated rings. The maximum absolute atomic E-state index is 5.95. The van der Waals surface area contributed by atoms with E-state index in [0.29, 0.717) is 5.92 Å². The van der Waals surface area contributed by atoms with Crippen molar-refractivity contribution in [2.45, 2.75) is 45.5 Å².